The third-order valence-corrected chi connectivity index (χ3v) is 4.39. The van der Waals surface area contributed by atoms with Gasteiger partial charge in [0.05, 0.1) is 0 Å². The first-order chi connectivity index (χ1) is 10.8. The van der Waals surface area contributed by atoms with E-state index in [1.54, 1.807) is 0 Å². The summed E-state index contributed by atoms with van der Waals surface area (Å²) in [6.07, 6.45) is 4.20. The van der Waals surface area contributed by atoms with Crippen LogP contribution in [-0.4, -0.2) is 23.9 Å². The Morgan fingerprint density at radius 2 is 1.41 bits per heavy atom. The quantitative estimate of drug-likeness (QED) is 0.475. The van der Waals surface area contributed by atoms with E-state index in [0.717, 1.165) is 30.1 Å². The molecule has 3 rings (SSSR count). The topological polar surface area (TPSA) is 118 Å². The molecule has 22 heavy (non-hydrogen) atoms. The van der Waals surface area contributed by atoms with Crippen LogP contribution in [0.25, 0.3) is 0 Å². The third-order valence-electron chi connectivity index (χ3n) is 3.57. The summed E-state index contributed by atoms with van der Waals surface area (Å²) in [7, 11) is 0. The van der Waals surface area contributed by atoms with Crippen LogP contribution in [0.1, 0.15) is 19.3 Å². The average Bonchev–Trinajstić information content (AvgIpc) is 3.20. The van der Waals surface area contributed by atoms with Crippen LogP contribution in [0.2, 0.25) is 0 Å². The molecule has 1 saturated carbocycles. The number of ether oxygens (including phenoxy) is 2. The maximum absolute atomic E-state index is 7.50. The average molecular weight is 344 g/mol. The summed E-state index contributed by atoms with van der Waals surface area (Å²) in [4.78, 5) is 0. The summed E-state index contributed by atoms with van der Waals surface area (Å²) in [5.41, 5.74) is 0.293. The van der Waals surface area contributed by atoms with E-state index in [2.05, 4.69) is 49.1 Å². The second-order valence-corrected chi connectivity index (χ2v) is 4.67. The molecule has 1 spiro atoms. The summed E-state index contributed by atoms with van der Waals surface area (Å²) < 4.78 is 49.9. The Hall–Kier alpha value is -0.978. The Morgan fingerprint density at radius 1 is 0.909 bits per heavy atom. The molecule has 2 saturated heterocycles. The molecule has 0 aromatic carbocycles. The summed E-state index contributed by atoms with van der Waals surface area (Å²) >= 11 is 3.06. The van der Waals surface area contributed by atoms with Crippen LogP contribution >= 0.6 is 0 Å². The fraction of sp³-hybridized carbons (Fsp3) is 0.571. The summed E-state index contributed by atoms with van der Waals surface area (Å²) in [6, 6.07) is 0. The Bertz CT molecular complexity index is 388. The van der Waals surface area contributed by atoms with Gasteiger partial charge in [-0.25, -0.2) is 0 Å². The normalized spacial score (nSPS) is 28.4. The van der Waals surface area contributed by atoms with Crippen LogP contribution in [0.15, 0.2) is 0 Å². The molecule has 0 aromatic heterocycles. The van der Waals surface area contributed by atoms with Gasteiger partial charge in [0.25, 0.3) is 0 Å². The van der Waals surface area contributed by atoms with E-state index in [0.29, 0.717) is 11.5 Å². The Balaban J connectivity index is -0.000000313. The van der Waals surface area contributed by atoms with E-state index < -0.39 is 0 Å². The van der Waals surface area contributed by atoms with Crippen molar-refractivity contribution in [2.45, 2.75) is 25.4 Å². The first kappa shape index (κ1) is 25.9. The van der Waals surface area contributed by atoms with Gasteiger partial charge in [-0.15, -0.1) is 0 Å². The standard InChI is InChI=1S/C9H12O2.5CO.Cr/c1-3-11-8-7(1)5-9(8)2-4-10-6-9;5*1-2;/h7-8H,1-5H2;;;;;;. The van der Waals surface area contributed by atoms with Crippen LogP contribution < -0.4 is 0 Å². The zero-order valence-corrected chi connectivity index (χ0v) is 12.7. The fourth-order valence-electron chi connectivity index (χ4n) is 2.89. The van der Waals surface area contributed by atoms with Gasteiger partial charge in [-0.2, -0.15) is 0 Å². The predicted molar refractivity (Wildman–Crippen MR) is 60.1 cm³/mol. The van der Waals surface area contributed by atoms with Crippen molar-refractivity contribution < 1.29 is 48.6 Å². The Labute approximate surface area is 136 Å². The summed E-state index contributed by atoms with van der Waals surface area (Å²) in [6.45, 7) is 24.3. The van der Waals surface area contributed by atoms with Crippen molar-refractivity contribution in [2.24, 2.45) is 11.3 Å². The SMILES string of the molecule is [C-]#[O+].[C-]#[O+].[C-]#[O+].[C-]#[O+].[C-]#[O+].[Cr]=[C]1OCCC12CC1CCOC12. The molecule has 3 aliphatic rings. The van der Waals surface area contributed by atoms with Gasteiger partial charge in [0, 0.05) is 0 Å². The molecule has 7 nitrogen and oxygen atoms in total. The number of fused-ring (bicyclic) bond motifs is 2. The van der Waals surface area contributed by atoms with E-state index >= 15 is 0 Å². The van der Waals surface area contributed by atoms with Crippen molar-refractivity contribution >= 4 is 4.57 Å². The van der Waals surface area contributed by atoms with Crippen LogP contribution in [0, 0.1) is 44.6 Å². The first-order valence-electron chi connectivity index (χ1n) is 5.64. The van der Waals surface area contributed by atoms with Crippen LogP contribution in [-0.2, 0) is 48.6 Å². The van der Waals surface area contributed by atoms with Crippen molar-refractivity contribution in [3.05, 3.63) is 33.3 Å². The molecule has 0 bridgehead atoms. The number of hydrogen-bond donors (Lipinski definition) is 0. The van der Waals surface area contributed by atoms with Crippen LogP contribution in [0.4, 0.5) is 0 Å². The van der Waals surface area contributed by atoms with Gasteiger partial charge in [-0.3, -0.25) is 0 Å². The van der Waals surface area contributed by atoms with Gasteiger partial charge >= 0.3 is 136 Å². The maximum atomic E-state index is 7.50. The van der Waals surface area contributed by atoms with Gasteiger partial charge < -0.3 is 0 Å². The van der Waals surface area contributed by atoms with E-state index in [9.17, 15) is 0 Å². The molecule has 3 atom stereocenters. The van der Waals surface area contributed by atoms with Crippen molar-refractivity contribution in [3.8, 4) is 0 Å². The molecule has 116 valence electrons. The van der Waals surface area contributed by atoms with Gasteiger partial charge in [0.15, 0.2) is 0 Å². The van der Waals surface area contributed by atoms with E-state index in [1.807, 2.05) is 0 Å². The van der Waals surface area contributed by atoms with E-state index in [-0.39, 0.29) is 0 Å². The van der Waals surface area contributed by atoms with Crippen molar-refractivity contribution in [1.82, 2.24) is 0 Å². The predicted octanol–water partition coefficient (Wildman–Crippen LogP) is 0.691. The molecule has 3 unspecified atom stereocenters. The van der Waals surface area contributed by atoms with E-state index in [1.165, 1.54) is 12.8 Å². The zero-order chi connectivity index (χ0) is 18.2. The third kappa shape index (κ3) is 5.67. The second kappa shape index (κ2) is 16.4. The Morgan fingerprint density at radius 3 is 1.77 bits per heavy atom. The van der Waals surface area contributed by atoms with Gasteiger partial charge in [-0.05, 0) is 0 Å². The molecular weight excluding hydrogens is 332 g/mol. The second-order valence-electron chi connectivity index (χ2n) is 4.09. The minimum absolute atomic E-state index is 0.293. The molecule has 2 heterocycles. The Kier molecular flexibility index (Phi) is 19.3. The van der Waals surface area contributed by atoms with Gasteiger partial charge in [0.2, 0.25) is 0 Å². The van der Waals surface area contributed by atoms with Crippen molar-refractivity contribution in [1.29, 1.82) is 0 Å². The molecule has 0 radical (unpaired) electrons. The zero-order valence-electron chi connectivity index (χ0n) is 11.5. The summed E-state index contributed by atoms with van der Waals surface area (Å²) in [5, 5.41) is 0. The molecule has 0 aromatic rings. The van der Waals surface area contributed by atoms with E-state index in [4.69, 9.17) is 32.7 Å². The summed E-state index contributed by atoms with van der Waals surface area (Å²) in [5.74, 6) is 0.829. The number of rotatable bonds is 0. The van der Waals surface area contributed by atoms with Crippen LogP contribution in [0.5, 0.6) is 0 Å². The monoisotopic (exact) mass is 344 g/mol. The molecule has 8 heteroatoms. The van der Waals surface area contributed by atoms with Gasteiger partial charge in [-0.1, -0.05) is 0 Å². The molecular formula is C14H12CrO7. The van der Waals surface area contributed by atoms with Crippen molar-refractivity contribution in [2.75, 3.05) is 13.2 Å². The number of hydrogen-bond acceptors (Lipinski definition) is 2. The molecule has 0 N–H and O–H groups in total. The first-order valence-corrected chi connectivity index (χ1v) is 6.28. The minimum atomic E-state index is 0.293. The molecule has 3 fully saturated rings. The fourth-order valence-corrected chi connectivity index (χ4v) is 3.49. The van der Waals surface area contributed by atoms with Crippen molar-refractivity contribution in [3.63, 3.8) is 0 Å². The van der Waals surface area contributed by atoms with Crippen LogP contribution in [0.3, 0.4) is 0 Å². The van der Waals surface area contributed by atoms with Gasteiger partial charge in [0.1, 0.15) is 0 Å². The molecule has 0 amide bonds. The molecule has 2 aliphatic heterocycles. The molecule has 1 aliphatic carbocycles.